The molecule has 18 heteroatoms. The highest BCUT2D eigenvalue weighted by Crippen LogP contribution is 2.42. The molecule has 5 heterocycles. The fraction of sp³-hybridized carbons (Fsp3) is 0.618. The lowest BCUT2D eigenvalue weighted by molar-refractivity contribution is -0.142. The second kappa shape index (κ2) is 15.3. The minimum atomic E-state index is -5.21. The summed E-state index contributed by atoms with van der Waals surface area (Å²) in [6.07, 6.45) is -10.7. The maximum Gasteiger partial charge on any atom is 0.418 e. The molecule has 1 aromatic heterocycles. The summed E-state index contributed by atoms with van der Waals surface area (Å²) in [5.74, 6) is -0.687. The van der Waals surface area contributed by atoms with Gasteiger partial charge in [-0.1, -0.05) is 0 Å². The van der Waals surface area contributed by atoms with Crippen LogP contribution in [-0.4, -0.2) is 120 Å². The summed E-state index contributed by atoms with van der Waals surface area (Å²) >= 11 is 1.52. The molecule has 4 amide bonds. The highest BCUT2D eigenvalue weighted by Gasteiger charge is 2.42. The maximum atomic E-state index is 14.0. The largest absolute Gasteiger partial charge is 0.436 e. The molecule has 3 N–H and O–H groups in total. The fourth-order valence-corrected chi connectivity index (χ4v) is 8.45. The number of halogens is 6. The van der Waals surface area contributed by atoms with Gasteiger partial charge in [0.25, 0.3) is 5.91 Å². The van der Waals surface area contributed by atoms with E-state index in [-0.39, 0.29) is 31.2 Å². The molecule has 52 heavy (non-hydrogen) atoms. The minimum absolute atomic E-state index is 0.167. The van der Waals surface area contributed by atoms with Crippen molar-refractivity contribution in [2.24, 2.45) is 0 Å². The van der Waals surface area contributed by atoms with E-state index in [1.165, 1.54) is 21.1 Å². The Labute approximate surface area is 301 Å². The Morgan fingerprint density at radius 2 is 1.52 bits per heavy atom. The number of carbonyl (C=O) groups is 3. The van der Waals surface area contributed by atoms with Crippen molar-refractivity contribution in [1.82, 2.24) is 24.5 Å². The third kappa shape index (κ3) is 8.54. The number of carbonyl (C=O) groups excluding carboxylic acids is 3. The number of hydrogen-bond donors (Lipinski definition) is 2. The molecule has 0 spiro atoms. The average Bonchev–Trinajstić information content (AvgIpc) is 3.44. The van der Waals surface area contributed by atoms with E-state index in [4.69, 9.17) is 10.5 Å². The first-order chi connectivity index (χ1) is 24.6. The number of fused-ring (bicyclic) bond motifs is 1. The quantitative estimate of drug-likeness (QED) is 0.293. The summed E-state index contributed by atoms with van der Waals surface area (Å²) in [6, 6.07) is 2.58. The fourth-order valence-electron chi connectivity index (χ4n) is 7.62. The van der Waals surface area contributed by atoms with Crippen LogP contribution in [0.4, 0.5) is 47.3 Å². The predicted octanol–water partition coefficient (Wildman–Crippen LogP) is 5.56. The van der Waals surface area contributed by atoms with Crippen molar-refractivity contribution in [3.05, 3.63) is 45.1 Å². The van der Waals surface area contributed by atoms with Crippen LogP contribution < -0.4 is 11.1 Å². The molecule has 0 unspecified atom stereocenters. The Balaban J connectivity index is 1.17. The van der Waals surface area contributed by atoms with Crippen LogP contribution in [0, 0.1) is 0 Å². The summed E-state index contributed by atoms with van der Waals surface area (Å²) in [7, 11) is 2.07. The Morgan fingerprint density at radius 3 is 2.15 bits per heavy atom. The maximum absolute atomic E-state index is 14.0. The number of urea groups is 1. The number of benzene rings is 1. The van der Waals surface area contributed by atoms with Crippen molar-refractivity contribution in [2.75, 3.05) is 70.5 Å². The van der Waals surface area contributed by atoms with E-state index in [1.807, 2.05) is 11.4 Å². The topological polar surface area (TPSA) is 115 Å². The van der Waals surface area contributed by atoms with Gasteiger partial charge in [0.2, 0.25) is 0 Å². The number of likely N-dealkylation sites (tertiary alicyclic amines) is 2. The van der Waals surface area contributed by atoms with Crippen LogP contribution >= 0.6 is 11.3 Å². The Bertz CT molecular complexity index is 1590. The number of rotatable bonds is 6. The number of hydrogen-bond acceptors (Lipinski definition) is 8. The van der Waals surface area contributed by atoms with Gasteiger partial charge in [-0.05, 0) is 81.4 Å². The third-order valence-electron chi connectivity index (χ3n) is 10.6. The number of piperidine rings is 2. The van der Waals surface area contributed by atoms with Crippen molar-refractivity contribution in [1.29, 1.82) is 0 Å². The van der Waals surface area contributed by atoms with Crippen LogP contribution in [0.25, 0.3) is 0 Å². The molecule has 2 aromatic rings. The first-order valence-corrected chi connectivity index (χ1v) is 18.3. The molecule has 1 aromatic carbocycles. The van der Waals surface area contributed by atoms with Gasteiger partial charge in [-0.2, -0.15) is 26.3 Å². The smallest absolute Gasteiger partial charge is 0.418 e. The van der Waals surface area contributed by atoms with Crippen LogP contribution in [0.15, 0.2) is 23.6 Å². The average molecular weight is 760 g/mol. The number of anilines is 2. The summed E-state index contributed by atoms with van der Waals surface area (Å²) in [4.78, 5) is 50.5. The molecule has 0 saturated carbocycles. The van der Waals surface area contributed by atoms with Gasteiger partial charge in [-0.25, -0.2) is 9.59 Å². The number of amides is 4. The van der Waals surface area contributed by atoms with Gasteiger partial charge in [-0.15, -0.1) is 11.3 Å². The highest BCUT2D eigenvalue weighted by molar-refractivity contribution is 7.10. The molecule has 4 aliphatic heterocycles. The molecule has 1 atom stereocenters. The SMILES string of the molecule is CN1CCCN(C2CCN(C(=O)[C@@H](Cc3cc(C(F)(F)F)c(N)c(C(F)(F)F)c3)OC(=O)N3CCC(N4Cc5sccc5NC4=O)CC3)CC2)CC1. The van der Waals surface area contributed by atoms with Gasteiger partial charge in [-0.3, -0.25) is 9.69 Å². The molecule has 0 radical (unpaired) electrons. The summed E-state index contributed by atoms with van der Waals surface area (Å²) in [6.45, 7) is 5.04. The summed E-state index contributed by atoms with van der Waals surface area (Å²) < 4.78 is 88.9. The Kier molecular flexibility index (Phi) is 11.2. The lowest BCUT2D eigenvalue weighted by Gasteiger charge is -2.40. The zero-order valence-corrected chi connectivity index (χ0v) is 29.6. The summed E-state index contributed by atoms with van der Waals surface area (Å²) in [5.41, 5.74) is 0.796. The predicted molar refractivity (Wildman–Crippen MR) is 182 cm³/mol. The molecule has 0 aliphatic carbocycles. The number of nitrogen functional groups attached to an aromatic ring is 1. The van der Waals surface area contributed by atoms with Crippen molar-refractivity contribution in [2.45, 2.75) is 75.6 Å². The van der Waals surface area contributed by atoms with E-state index in [1.54, 1.807) is 4.90 Å². The highest BCUT2D eigenvalue weighted by atomic mass is 32.1. The summed E-state index contributed by atoms with van der Waals surface area (Å²) in [5, 5.41) is 4.76. The second-order valence-electron chi connectivity index (χ2n) is 14.0. The number of thiophene rings is 1. The number of alkyl halides is 6. The third-order valence-corrected chi connectivity index (χ3v) is 11.5. The zero-order valence-electron chi connectivity index (χ0n) is 28.8. The molecular formula is C34H43F6N7O4S. The van der Waals surface area contributed by atoms with Crippen LogP contribution in [0.5, 0.6) is 0 Å². The number of nitrogens with zero attached hydrogens (tertiary/aromatic N) is 5. The van der Waals surface area contributed by atoms with E-state index in [0.717, 1.165) is 43.2 Å². The molecule has 6 rings (SSSR count). The molecular weight excluding hydrogens is 716 g/mol. The lowest BCUT2D eigenvalue weighted by Crippen LogP contribution is -2.53. The first kappa shape index (κ1) is 38.0. The van der Waals surface area contributed by atoms with Crippen LogP contribution in [-0.2, 0) is 34.8 Å². The van der Waals surface area contributed by atoms with Gasteiger partial charge >= 0.3 is 24.5 Å². The first-order valence-electron chi connectivity index (χ1n) is 17.5. The molecule has 11 nitrogen and oxygen atoms in total. The van der Waals surface area contributed by atoms with E-state index in [9.17, 15) is 40.7 Å². The Morgan fingerprint density at radius 1 is 0.904 bits per heavy atom. The van der Waals surface area contributed by atoms with Crippen LogP contribution in [0.2, 0.25) is 0 Å². The van der Waals surface area contributed by atoms with Crippen molar-refractivity contribution >= 4 is 40.7 Å². The van der Waals surface area contributed by atoms with E-state index >= 15 is 0 Å². The number of ether oxygens (including phenoxy) is 1. The molecule has 286 valence electrons. The molecule has 4 aliphatic rings. The van der Waals surface area contributed by atoms with Crippen molar-refractivity contribution in [3.63, 3.8) is 0 Å². The van der Waals surface area contributed by atoms with Gasteiger partial charge in [0.05, 0.1) is 29.0 Å². The molecule has 3 saturated heterocycles. The normalized spacial score (nSPS) is 21.1. The van der Waals surface area contributed by atoms with Crippen molar-refractivity contribution < 1.29 is 45.5 Å². The number of nitrogens with two attached hydrogens (primary N) is 1. The van der Waals surface area contributed by atoms with Gasteiger partial charge in [0, 0.05) is 62.7 Å². The number of likely N-dealkylation sites (N-methyl/N-ethyl adjacent to an activating group) is 1. The van der Waals surface area contributed by atoms with Gasteiger partial charge in [0.15, 0.2) is 6.10 Å². The van der Waals surface area contributed by atoms with Crippen molar-refractivity contribution in [3.8, 4) is 0 Å². The van der Waals surface area contributed by atoms with Gasteiger partial charge in [0.1, 0.15) is 0 Å². The Hall–Kier alpha value is -3.77. The minimum Gasteiger partial charge on any atom is -0.436 e. The van der Waals surface area contributed by atoms with E-state index < -0.39 is 59.3 Å². The lowest BCUT2D eigenvalue weighted by atomic mass is 9.97. The second-order valence-corrected chi connectivity index (χ2v) is 15.0. The van der Waals surface area contributed by atoms with Gasteiger partial charge < -0.3 is 35.4 Å². The molecule has 3 fully saturated rings. The monoisotopic (exact) mass is 759 g/mol. The van der Waals surface area contributed by atoms with E-state index in [2.05, 4.69) is 22.2 Å². The van der Waals surface area contributed by atoms with Crippen LogP contribution in [0.1, 0.15) is 53.7 Å². The van der Waals surface area contributed by atoms with Crippen LogP contribution in [0.3, 0.4) is 0 Å². The molecule has 0 bridgehead atoms. The standard InChI is InChI=1S/C34H43F6N7O4S/c1-43-8-2-9-44(15-14-43)22-3-10-45(11-4-22)30(48)27(19-21-17-24(33(35,36)37)29(41)25(18-21)34(38,39)40)51-32(50)46-12-5-23(6-13-46)47-20-28-26(7-16-52-28)42-31(47)49/h7,16-18,22-23,27H,2-6,8-15,19-20,41H2,1H3,(H,42,49)/t27-/m1/s1. The van der Waals surface area contributed by atoms with E-state index in [0.29, 0.717) is 57.5 Å². The zero-order chi connectivity index (χ0) is 37.4. The number of nitrogens with one attached hydrogen (secondary N) is 1.